The number of nitrogens with zero attached hydrogens (tertiary/aromatic N) is 3. The van der Waals surface area contributed by atoms with Crippen molar-refractivity contribution in [2.24, 2.45) is 4.99 Å². The van der Waals surface area contributed by atoms with Crippen molar-refractivity contribution < 1.29 is 0 Å². The van der Waals surface area contributed by atoms with Crippen LogP contribution in [0.5, 0.6) is 0 Å². The Morgan fingerprint density at radius 2 is 1.92 bits per heavy atom. The van der Waals surface area contributed by atoms with E-state index in [1.807, 2.05) is 30.2 Å². The van der Waals surface area contributed by atoms with Gasteiger partial charge in [-0.15, -0.1) is 11.8 Å². The molecule has 1 aliphatic heterocycles. The van der Waals surface area contributed by atoms with Gasteiger partial charge in [-0.25, -0.2) is 4.99 Å². The fourth-order valence-electron chi connectivity index (χ4n) is 3.33. The van der Waals surface area contributed by atoms with Gasteiger partial charge < -0.3 is 4.57 Å². The molecule has 0 aliphatic carbocycles. The lowest BCUT2D eigenvalue weighted by molar-refractivity contribution is 0.919. The average Bonchev–Trinajstić information content (AvgIpc) is 3.02. The lowest BCUT2D eigenvalue weighted by atomic mass is 10.1. The maximum Gasteiger partial charge on any atom is 0.0747 e. The zero-order valence-electron chi connectivity index (χ0n) is 13.0. The zero-order valence-corrected chi connectivity index (χ0v) is 13.8. The summed E-state index contributed by atoms with van der Waals surface area (Å²) >= 11 is 1.91. The van der Waals surface area contributed by atoms with E-state index < -0.39 is 0 Å². The van der Waals surface area contributed by atoms with Crippen LogP contribution in [0.2, 0.25) is 0 Å². The predicted octanol–water partition coefficient (Wildman–Crippen LogP) is 5.01. The van der Waals surface area contributed by atoms with E-state index in [9.17, 15) is 0 Å². The van der Waals surface area contributed by atoms with Gasteiger partial charge in [-0.2, -0.15) is 0 Å². The average molecular weight is 329 g/mol. The minimum absolute atomic E-state index is 0.942. The summed E-state index contributed by atoms with van der Waals surface area (Å²) < 4.78 is 2.37. The maximum atomic E-state index is 5.03. The second kappa shape index (κ2) is 5.49. The second-order valence-electron chi connectivity index (χ2n) is 5.93. The van der Waals surface area contributed by atoms with Crippen molar-refractivity contribution in [1.29, 1.82) is 0 Å². The van der Waals surface area contributed by atoms with Crippen molar-refractivity contribution in [2.45, 2.75) is 5.88 Å². The van der Waals surface area contributed by atoms with Gasteiger partial charge in [0.15, 0.2) is 0 Å². The van der Waals surface area contributed by atoms with Crippen LogP contribution in [0.4, 0.5) is 5.69 Å². The molecule has 0 saturated heterocycles. The van der Waals surface area contributed by atoms with E-state index in [-0.39, 0.29) is 0 Å². The number of thioether (sulfide) groups is 1. The van der Waals surface area contributed by atoms with Crippen LogP contribution < -0.4 is 0 Å². The number of aliphatic imine (C=N–C) groups is 1. The number of rotatable bonds is 1. The highest BCUT2D eigenvalue weighted by Gasteiger charge is 2.19. The Bertz CT molecular complexity index is 1090. The van der Waals surface area contributed by atoms with Crippen LogP contribution in [-0.2, 0) is 5.88 Å². The number of para-hydroxylation sites is 1. The first-order valence-electron chi connectivity index (χ1n) is 7.97. The molecule has 1 aliphatic rings. The van der Waals surface area contributed by atoms with Crippen LogP contribution in [0.25, 0.3) is 21.7 Å². The van der Waals surface area contributed by atoms with Gasteiger partial charge in [-0.05, 0) is 24.3 Å². The van der Waals surface area contributed by atoms with Crippen molar-refractivity contribution in [3.63, 3.8) is 0 Å². The minimum atomic E-state index is 0.942. The number of pyridine rings is 1. The summed E-state index contributed by atoms with van der Waals surface area (Å²) in [5, 5.41) is 3.56. The summed E-state index contributed by atoms with van der Waals surface area (Å²) in [5.74, 6) is 1.93. The molecule has 0 N–H and O–H groups in total. The first-order chi connectivity index (χ1) is 11.9. The summed E-state index contributed by atoms with van der Waals surface area (Å²) in [7, 11) is 0. The smallest absolute Gasteiger partial charge is 0.0747 e. The first kappa shape index (κ1) is 13.8. The Balaban J connectivity index is 1.72. The molecule has 0 amide bonds. The molecule has 2 aromatic carbocycles. The molecule has 0 fully saturated rings. The van der Waals surface area contributed by atoms with E-state index in [0.717, 1.165) is 33.8 Å². The molecule has 3 nitrogen and oxygen atoms in total. The molecule has 0 radical (unpaired) electrons. The van der Waals surface area contributed by atoms with Crippen molar-refractivity contribution in [2.75, 3.05) is 5.75 Å². The fourth-order valence-corrected chi connectivity index (χ4v) is 4.29. The second-order valence-corrected chi connectivity index (χ2v) is 6.88. The van der Waals surface area contributed by atoms with Gasteiger partial charge in [0.2, 0.25) is 0 Å². The molecule has 0 saturated carbocycles. The number of fused-ring (bicyclic) bond motifs is 4. The van der Waals surface area contributed by atoms with E-state index in [1.54, 1.807) is 0 Å². The van der Waals surface area contributed by atoms with Crippen molar-refractivity contribution in [3.8, 4) is 0 Å². The zero-order chi connectivity index (χ0) is 15.9. The molecule has 0 unspecified atom stereocenters. The van der Waals surface area contributed by atoms with Crippen molar-refractivity contribution in [1.82, 2.24) is 9.55 Å². The van der Waals surface area contributed by atoms with Gasteiger partial charge in [-0.3, -0.25) is 4.98 Å². The fraction of sp³-hybridized carbons (Fsp3) is 0.100. The van der Waals surface area contributed by atoms with Gasteiger partial charge in [0, 0.05) is 39.8 Å². The highest BCUT2D eigenvalue weighted by atomic mass is 32.2. The summed E-state index contributed by atoms with van der Waals surface area (Å²) in [6.07, 6.45) is 3.73. The lowest BCUT2D eigenvalue weighted by Gasteiger charge is -2.18. The molecule has 0 bridgehead atoms. The minimum Gasteiger partial charge on any atom is -0.330 e. The molecule has 5 rings (SSSR count). The Kier molecular flexibility index (Phi) is 3.16. The van der Waals surface area contributed by atoms with E-state index in [1.165, 1.54) is 16.6 Å². The highest BCUT2D eigenvalue weighted by Crippen LogP contribution is 2.31. The van der Waals surface area contributed by atoms with Crippen LogP contribution in [0.15, 0.2) is 72.0 Å². The third-order valence-electron chi connectivity index (χ3n) is 4.48. The standard InChI is InChI=1S/C20H15N3S/c1-2-7-19-14(4-1)10-20-18(12-24-13-23(19)20)22-17-6-3-5-15-11-21-9-8-16(15)17/h1-11H,12-13H2. The lowest BCUT2D eigenvalue weighted by Crippen LogP contribution is -2.17. The molecule has 4 heteroatoms. The van der Waals surface area contributed by atoms with Crippen molar-refractivity contribution >= 4 is 44.8 Å². The summed E-state index contributed by atoms with van der Waals surface area (Å²) in [6.45, 7) is 0. The quantitative estimate of drug-likeness (QED) is 0.491. The Labute approximate surface area is 144 Å². The van der Waals surface area contributed by atoms with Gasteiger partial charge in [0.1, 0.15) is 0 Å². The van der Waals surface area contributed by atoms with Gasteiger partial charge >= 0.3 is 0 Å². The summed E-state index contributed by atoms with van der Waals surface area (Å²) in [4.78, 5) is 9.24. The number of aromatic nitrogens is 2. The molecule has 4 aromatic rings. The first-order valence-corrected chi connectivity index (χ1v) is 9.12. The molecular formula is C20H15N3S. The van der Waals surface area contributed by atoms with Gasteiger partial charge in [0.25, 0.3) is 0 Å². The van der Waals surface area contributed by atoms with E-state index in [2.05, 4.69) is 58.1 Å². The summed E-state index contributed by atoms with van der Waals surface area (Å²) in [5.41, 5.74) is 4.69. The molecular weight excluding hydrogens is 314 g/mol. The van der Waals surface area contributed by atoms with Gasteiger partial charge in [-0.1, -0.05) is 30.3 Å². The van der Waals surface area contributed by atoms with E-state index in [0.29, 0.717) is 0 Å². The Morgan fingerprint density at radius 3 is 2.92 bits per heavy atom. The third kappa shape index (κ3) is 2.14. The number of hydrogen-bond acceptors (Lipinski definition) is 3. The third-order valence-corrected chi connectivity index (χ3v) is 5.40. The highest BCUT2D eigenvalue weighted by molar-refractivity contribution is 7.99. The monoisotopic (exact) mass is 329 g/mol. The molecule has 3 heterocycles. The molecule has 116 valence electrons. The predicted molar refractivity (Wildman–Crippen MR) is 102 cm³/mol. The largest absolute Gasteiger partial charge is 0.330 e. The van der Waals surface area contributed by atoms with E-state index >= 15 is 0 Å². The Hall–Kier alpha value is -2.59. The maximum absolute atomic E-state index is 5.03. The number of hydrogen-bond donors (Lipinski definition) is 0. The van der Waals surface area contributed by atoms with Crippen LogP contribution >= 0.6 is 11.8 Å². The van der Waals surface area contributed by atoms with Gasteiger partial charge in [0.05, 0.1) is 23.0 Å². The normalized spacial score (nSPS) is 15.9. The molecule has 2 aromatic heterocycles. The van der Waals surface area contributed by atoms with Crippen molar-refractivity contribution in [3.05, 3.63) is 72.7 Å². The van der Waals surface area contributed by atoms with E-state index in [4.69, 9.17) is 4.99 Å². The molecule has 0 atom stereocenters. The number of benzene rings is 2. The van der Waals surface area contributed by atoms with Crippen LogP contribution in [-0.4, -0.2) is 21.0 Å². The SMILES string of the molecule is c1cc(N=C2CSCn3c2cc2ccccc23)c2ccncc2c1. The molecule has 24 heavy (non-hydrogen) atoms. The Morgan fingerprint density at radius 1 is 1.00 bits per heavy atom. The molecule has 0 spiro atoms. The van der Waals surface area contributed by atoms with Crippen LogP contribution in [0, 0.1) is 0 Å². The van der Waals surface area contributed by atoms with Crippen LogP contribution in [0.3, 0.4) is 0 Å². The topological polar surface area (TPSA) is 30.2 Å². The van der Waals surface area contributed by atoms with Crippen LogP contribution in [0.1, 0.15) is 5.69 Å². The summed E-state index contributed by atoms with van der Waals surface area (Å²) in [6, 6.07) is 19.1.